The van der Waals surface area contributed by atoms with Crippen LogP contribution in [0, 0.1) is 0 Å². The maximum atomic E-state index is 10.6. The van der Waals surface area contributed by atoms with E-state index in [2.05, 4.69) is 10.3 Å². The van der Waals surface area contributed by atoms with Crippen molar-refractivity contribution in [3.8, 4) is 0 Å². The van der Waals surface area contributed by atoms with E-state index in [-0.39, 0.29) is 5.56 Å². The summed E-state index contributed by atoms with van der Waals surface area (Å²) in [4.78, 5) is 35.6. The Labute approximate surface area is 113 Å². The van der Waals surface area contributed by atoms with Gasteiger partial charge in [-0.15, -0.1) is 0 Å². The van der Waals surface area contributed by atoms with Crippen molar-refractivity contribution < 1.29 is 29.7 Å². The van der Waals surface area contributed by atoms with Gasteiger partial charge in [0.25, 0.3) is 0 Å². The monoisotopic (exact) mass is 280 g/mol. The number of nitrogens with one attached hydrogen (secondary N) is 1. The zero-order chi connectivity index (χ0) is 15.1. The molecule has 1 heterocycles. The Morgan fingerprint density at radius 2 is 1.65 bits per heavy atom. The second-order valence-corrected chi connectivity index (χ2v) is 3.67. The molecule has 20 heavy (non-hydrogen) atoms. The van der Waals surface area contributed by atoms with E-state index >= 15 is 0 Å². The molecule has 4 N–H and O–H groups in total. The molecular weight excluding hydrogens is 268 g/mol. The quantitative estimate of drug-likeness (QED) is 0.629. The first-order valence-corrected chi connectivity index (χ1v) is 5.49. The van der Waals surface area contributed by atoms with Crippen LogP contribution in [0.1, 0.15) is 31.1 Å². The summed E-state index contributed by atoms with van der Waals surface area (Å²) in [7, 11) is 0. The highest BCUT2D eigenvalue weighted by molar-refractivity contribution is 6.03. The summed E-state index contributed by atoms with van der Waals surface area (Å²) in [6.07, 6.45) is 1.74. The zero-order valence-corrected chi connectivity index (χ0v) is 10.2. The molecule has 1 aromatic carbocycles. The lowest BCUT2D eigenvalue weighted by molar-refractivity contribution is 0.0649. The summed E-state index contributed by atoms with van der Waals surface area (Å²) < 4.78 is 0. The third kappa shape index (κ3) is 4.09. The molecule has 0 amide bonds. The Hall–Kier alpha value is -2.90. The van der Waals surface area contributed by atoms with Crippen molar-refractivity contribution >= 4 is 24.2 Å². The molecule has 1 aromatic rings. The SMILES string of the molecule is C1=NCCN1.O=C(O)c1ccc(C(=O)O)c(C(=O)O)c1. The summed E-state index contributed by atoms with van der Waals surface area (Å²) in [5, 5.41) is 28.8. The molecule has 0 bridgehead atoms. The van der Waals surface area contributed by atoms with Crippen LogP contribution >= 0.6 is 0 Å². The predicted octanol–water partition coefficient (Wildman–Crippen LogP) is 0.399. The van der Waals surface area contributed by atoms with Crippen molar-refractivity contribution in [2.75, 3.05) is 13.1 Å². The highest BCUT2D eigenvalue weighted by Gasteiger charge is 2.17. The van der Waals surface area contributed by atoms with Crippen LogP contribution in [0.15, 0.2) is 23.2 Å². The van der Waals surface area contributed by atoms with Gasteiger partial charge >= 0.3 is 17.9 Å². The number of hydrogen-bond donors (Lipinski definition) is 4. The Kier molecular flexibility index (Phi) is 5.21. The third-order valence-corrected chi connectivity index (χ3v) is 2.30. The minimum absolute atomic E-state index is 0.266. The lowest BCUT2D eigenvalue weighted by atomic mass is 10.0. The van der Waals surface area contributed by atoms with Crippen LogP contribution in [0.4, 0.5) is 0 Å². The molecule has 0 aromatic heterocycles. The Bertz CT molecular complexity index is 561. The second kappa shape index (κ2) is 6.88. The first kappa shape index (κ1) is 15.2. The van der Waals surface area contributed by atoms with Gasteiger partial charge in [-0.25, -0.2) is 14.4 Å². The second-order valence-electron chi connectivity index (χ2n) is 3.67. The number of aliphatic imine (C=N–C) groups is 1. The highest BCUT2D eigenvalue weighted by Crippen LogP contribution is 2.12. The number of aromatic carboxylic acids is 3. The van der Waals surface area contributed by atoms with Crippen molar-refractivity contribution in [1.29, 1.82) is 0 Å². The fraction of sp³-hybridized carbons (Fsp3) is 0.167. The maximum Gasteiger partial charge on any atom is 0.336 e. The molecular formula is C12H12N2O6. The van der Waals surface area contributed by atoms with E-state index in [0.29, 0.717) is 0 Å². The molecule has 1 aliphatic heterocycles. The number of nitrogens with zero attached hydrogens (tertiary/aromatic N) is 1. The molecule has 0 saturated heterocycles. The summed E-state index contributed by atoms with van der Waals surface area (Å²) in [5.41, 5.74) is -1.24. The molecule has 0 atom stereocenters. The maximum absolute atomic E-state index is 10.6. The van der Waals surface area contributed by atoms with Crippen molar-refractivity contribution in [2.45, 2.75) is 0 Å². The smallest absolute Gasteiger partial charge is 0.336 e. The van der Waals surface area contributed by atoms with Gasteiger partial charge in [-0.3, -0.25) is 4.99 Å². The van der Waals surface area contributed by atoms with Gasteiger partial charge in [0.15, 0.2) is 0 Å². The van der Waals surface area contributed by atoms with Crippen LogP contribution in [0.3, 0.4) is 0 Å². The molecule has 106 valence electrons. The van der Waals surface area contributed by atoms with Gasteiger partial charge in [-0.05, 0) is 18.2 Å². The molecule has 0 unspecified atom stereocenters. The topological polar surface area (TPSA) is 136 Å². The molecule has 0 radical (unpaired) electrons. The van der Waals surface area contributed by atoms with Crippen molar-refractivity contribution in [3.63, 3.8) is 0 Å². The normalized spacial score (nSPS) is 12.0. The molecule has 0 fully saturated rings. The number of hydrogen-bond acceptors (Lipinski definition) is 5. The number of carboxylic acid groups (broad SMARTS) is 3. The summed E-state index contributed by atoms with van der Waals surface area (Å²) in [6, 6.07) is 2.81. The lowest BCUT2D eigenvalue weighted by Gasteiger charge is -2.02. The van der Waals surface area contributed by atoms with Gasteiger partial charge in [0.2, 0.25) is 0 Å². The first-order chi connectivity index (χ1) is 9.43. The third-order valence-electron chi connectivity index (χ3n) is 2.30. The molecule has 8 nitrogen and oxygen atoms in total. The first-order valence-electron chi connectivity index (χ1n) is 5.49. The molecule has 8 heteroatoms. The Morgan fingerprint density at radius 3 is 2.00 bits per heavy atom. The van der Waals surface area contributed by atoms with E-state index in [1.807, 2.05) is 0 Å². The van der Waals surface area contributed by atoms with Gasteiger partial charge in [0.05, 0.1) is 29.6 Å². The minimum atomic E-state index is -1.48. The van der Waals surface area contributed by atoms with Crippen LogP contribution in [-0.4, -0.2) is 52.7 Å². The molecule has 2 rings (SSSR count). The van der Waals surface area contributed by atoms with Gasteiger partial charge in [-0.2, -0.15) is 0 Å². The number of carboxylic acids is 3. The van der Waals surface area contributed by atoms with E-state index in [4.69, 9.17) is 15.3 Å². The summed E-state index contributed by atoms with van der Waals surface area (Å²) in [6.45, 7) is 1.99. The molecule has 0 aliphatic carbocycles. The van der Waals surface area contributed by atoms with Crippen LogP contribution in [-0.2, 0) is 0 Å². The largest absolute Gasteiger partial charge is 0.478 e. The van der Waals surface area contributed by atoms with Crippen LogP contribution in [0.5, 0.6) is 0 Å². The average molecular weight is 280 g/mol. The van der Waals surface area contributed by atoms with E-state index in [1.165, 1.54) is 0 Å². The number of benzene rings is 1. The minimum Gasteiger partial charge on any atom is -0.478 e. The van der Waals surface area contributed by atoms with E-state index in [9.17, 15) is 14.4 Å². The van der Waals surface area contributed by atoms with Crippen molar-refractivity contribution in [2.24, 2.45) is 4.99 Å². The lowest BCUT2D eigenvalue weighted by Crippen LogP contribution is -2.10. The van der Waals surface area contributed by atoms with Crippen molar-refractivity contribution in [3.05, 3.63) is 34.9 Å². The number of rotatable bonds is 3. The predicted molar refractivity (Wildman–Crippen MR) is 68.7 cm³/mol. The molecule has 1 aliphatic rings. The van der Waals surface area contributed by atoms with Crippen molar-refractivity contribution in [1.82, 2.24) is 5.32 Å². The highest BCUT2D eigenvalue weighted by atomic mass is 16.4. The van der Waals surface area contributed by atoms with Crippen LogP contribution < -0.4 is 5.32 Å². The zero-order valence-electron chi connectivity index (χ0n) is 10.2. The molecule has 0 saturated carbocycles. The Balaban J connectivity index is 0.000000333. The van der Waals surface area contributed by atoms with E-state index < -0.39 is 29.0 Å². The van der Waals surface area contributed by atoms with Crippen LogP contribution in [0.2, 0.25) is 0 Å². The number of carbonyl (C=O) groups is 3. The molecule has 0 spiro atoms. The van der Waals surface area contributed by atoms with Crippen LogP contribution in [0.25, 0.3) is 0 Å². The van der Waals surface area contributed by atoms with Gasteiger partial charge in [0, 0.05) is 6.54 Å². The Morgan fingerprint density at radius 1 is 1.00 bits per heavy atom. The van der Waals surface area contributed by atoms with Gasteiger partial charge in [0.1, 0.15) is 0 Å². The standard InChI is InChI=1S/C9H6O6.C3H6N2/c10-7(11)4-1-2-5(8(12)13)6(3-4)9(14)15;1-2-5-3-4-1/h1-3H,(H,10,11)(H,12,13)(H,14,15);3H,1-2H2,(H,4,5). The summed E-state index contributed by atoms with van der Waals surface area (Å²) >= 11 is 0. The fourth-order valence-corrected chi connectivity index (χ4v) is 1.36. The van der Waals surface area contributed by atoms with Gasteiger partial charge in [-0.1, -0.05) is 0 Å². The average Bonchev–Trinajstić information content (AvgIpc) is 2.96. The summed E-state index contributed by atoms with van der Waals surface area (Å²) in [5.74, 6) is -4.20. The van der Waals surface area contributed by atoms with E-state index in [0.717, 1.165) is 31.3 Å². The van der Waals surface area contributed by atoms with E-state index in [1.54, 1.807) is 6.34 Å². The van der Waals surface area contributed by atoms with Gasteiger partial charge < -0.3 is 20.6 Å². The fourth-order valence-electron chi connectivity index (χ4n) is 1.36.